The van der Waals surface area contributed by atoms with Crippen molar-refractivity contribution in [2.45, 2.75) is 44.5 Å². The number of anilines is 1. The minimum Gasteiger partial charge on any atom is -0.493 e. The number of ether oxygens (including phenoxy) is 2. The van der Waals surface area contributed by atoms with E-state index in [2.05, 4.69) is 0 Å². The van der Waals surface area contributed by atoms with Crippen LogP contribution in [0.5, 0.6) is 11.5 Å². The lowest BCUT2D eigenvalue weighted by Gasteiger charge is -2.25. The van der Waals surface area contributed by atoms with Gasteiger partial charge < -0.3 is 9.47 Å². The Labute approximate surface area is 152 Å². The number of fused-ring (bicyclic) bond motifs is 1. The zero-order valence-electron chi connectivity index (χ0n) is 14.8. The van der Waals surface area contributed by atoms with E-state index < -0.39 is 6.30 Å². The smallest absolute Gasteiger partial charge is 0.261 e. The van der Waals surface area contributed by atoms with E-state index in [1.54, 1.807) is 49.6 Å². The van der Waals surface area contributed by atoms with Crippen LogP contribution < -0.4 is 14.4 Å². The molecule has 0 aromatic heterocycles. The van der Waals surface area contributed by atoms with Crippen molar-refractivity contribution in [1.29, 1.82) is 0 Å². The minimum atomic E-state index is -1.49. The number of methoxy groups -OCH3 is 1. The van der Waals surface area contributed by atoms with Crippen molar-refractivity contribution >= 4 is 11.6 Å². The van der Waals surface area contributed by atoms with E-state index in [-0.39, 0.29) is 12.0 Å². The van der Waals surface area contributed by atoms with E-state index in [9.17, 15) is 9.18 Å². The summed E-state index contributed by atoms with van der Waals surface area (Å²) < 4.78 is 26.5. The van der Waals surface area contributed by atoms with Gasteiger partial charge in [-0.25, -0.2) is 4.39 Å². The molecule has 0 N–H and O–H groups in total. The third-order valence-corrected chi connectivity index (χ3v) is 5.16. The lowest BCUT2D eigenvalue weighted by Crippen LogP contribution is -2.26. The van der Waals surface area contributed by atoms with E-state index in [0.717, 1.165) is 25.7 Å². The molecule has 1 unspecified atom stereocenters. The first-order valence-corrected chi connectivity index (χ1v) is 9.10. The highest BCUT2D eigenvalue weighted by atomic mass is 19.1. The molecule has 1 amide bonds. The first-order valence-electron chi connectivity index (χ1n) is 9.10. The molecule has 0 spiro atoms. The van der Waals surface area contributed by atoms with Gasteiger partial charge in [-0.15, -0.1) is 0 Å². The Morgan fingerprint density at radius 2 is 1.81 bits per heavy atom. The molecule has 0 radical (unpaired) electrons. The molecule has 0 bridgehead atoms. The van der Waals surface area contributed by atoms with Crippen LogP contribution in [0.3, 0.4) is 0 Å². The predicted octanol–water partition coefficient (Wildman–Crippen LogP) is 5.04. The number of benzene rings is 2. The molecule has 2 aromatic carbocycles. The molecule has 2 aliphatic rings. The topological polar surface area (TPSA) is 38.8 Å². The zero-order valence-corrected chi connectivity index (χ0v) is 14.8. The van der Waals surface area contributed by atoms with Gasteiger partial charge in [0.2, 0.25) is 6.30 Å². The fourth-order valence-corrected chi connectivity index (χ4v) is 3.79. The second-order valence-corrected chi connectivity index (χ2v) is 6.81. The number of carbonyl (C=O) groups excluding carboxylic acids is 1. The quantitative estimate of drug-likeness (QED) is 0.722. The van der Waals surface area contributed by atoms with Crippen LogP contribution in [-0.2, 0) is 0 Å². The summed E-state index contributed by atoms with van der Waals surface area (Å²) in [4.78, 5) is 13.9. The SMILES string of the molecule is COc1ccc(N2C(=O)c3ccccc3C2F)cc1OC1CCCCC1. The number of halogens is 1. The van der Waals surface area contributed by atoms with Crippen molar-refractivity contribution < 1.29 is 18.7 Å². The van der Waals surface area contributed by atoms with Crippen molar-refractivity contribution in [2.75, 3.05) is 12.0 Å². The first-order chi connectivity index (χ1) is 12.7. The van der Waals surface area contributed by atoms with Gasteiger partial charge in [-0.1, -0.05) is 24.6 Å². The molecule has 1 atom stereocenters. The summed E-state index contributed by atoms with van der Waals surface area (Å²) in [6, 6.07) is 11.9. The fourth-order valence-electron chi connectivity index (χ4n) is 3.79. The minimum absolute atomic E-state index is 0.139. The average Bonchev–Trinajstić information content (AvgIpc) is 2.94. The maximum absolute atomic E-state index is 14.9. The van der Waals surface area contributed by atoms with Gasteiger partial charge in [-0.2, -0.15) is 0 Å². The summed E-state index contributed by atoms with van der Waals surface area (Å²) in [6.07, 6.45) is 4.20. The number of carbonyl (C=O) groups is 1. The molecule has 4 rings (SSSR count). The van der Waals surface area contributed by atoms with Crippen molar-refractivity contribution in [3.05, 3.63) is 53.6 Å². The van der Waals surface area contributed by atoms with Gasteiger partial charge in [0.15, 0.2) is 11.5 Å². The molecule has 26 heavy (non-hydrogen) atoms. The Kier molecular flexibility index (Phi) is 4.53. The van der Waals surface area contributed by atoms with E-state index in [1.807, 2.05) is 0 Å². The summed E-state index contributed by atoms with van der Waals surface area (Å²) in [7, 11) is 1.58. The lowest BCUT2D eigenvalue weighted by atomic mass is 9.98. The Morgan fingerprint density at radius 3 is 2.54 bits per heavy atom. The molecule has 1 heterocycles. The van der Waals surface area contributed by atoms with Crippen LogP contribution in [0.15, 0.2) is 42.5 Å². The van der Waals surface area contributed by atoms with Crippen molar-refractivity contribution in [2.24, 2.45) is 0 Å². The van der Waals surface area contributed by atoms with Crippen LogP contribution in [0.2, 0.25) is 0 Å². The molecule has 2 aromatic rings. The van der Waals surface area contributed by atoms with Crippen molar-refractivity contribution in [3.63, 3.8) is 0 Å². The summed E-state index contributed by atoms with van der Waals surface area (Å²) in [5.74, 6) is 0.827. The van der Waals surface area contributed by atoms with Gasteiger partial charge in [0, 0.05) is 17.2 Å². The number of hydrogen-bond acceptors (Lipinski definition) is 3. The highest BCUT2D eigenvalue weighted by molar-refractivity contribution is 6.10. The van der Waals surface area contributed by atoms with Gasteiger partial charge >= 0.3 is 0 Å². The Balaban J connectivity index is 1.65. The third-order valence-electron chi connectivity index (χ3n) is 5.16. The zero-order chi connectivity index (χ0) is 18.1. The van der Waals surface area contributed by atoms with E-state index >= 15 is 0 Å². The molecule has 1 aliphatic carbocycles. The average molecular weight is 355 g/mol. The van der Waals surface area contributed by atoms with E-state index in [1.165, 1.54) is 11.3 Å². The number of nitrogens with zero attached hydrogens (tertiary/aromatic N) is 1. The highest BCUT2D eigenvalue weighted by Gasteiger charge is 2.38. The Bertz CT molecular complexity index is 817. The van der Waals surface area contributed by atoms with Crippen molar-refractivity contribution in [1.82, 2.24) is 0 Å². The highest BCUT2D eigenvalue weighted by Crippen LogP contribution is 2.41. The Morgan fingerprint density at radius 1 is 1.04 bits per heavy atom. The van der Waals surface area contributed by atoms with E-state index in [0.29, 0.717) is 28.3 Å². The molecule has 5 heteroatoms. The molecular formula is C21H22FNO3. The number of hydrogen-bond donors (Lipinski definition) is 0. The summed E-state index contributed by atoms with van der Waals surface area (Å²) >= 11 is 0. The summed E-state index contributed by atoms with van der Waals surface area (Å²) in [5, 5.41) is 0. The van der Waals surface area contributed by atoms with Gasteiger partial charge in [0.1, 0.15) is 0 Å². The fraction of sp³-hybridized carbons (Fsp3) is 0.381. The maximum atomic E-state index is 14.9. The number of amides is 1. The number of rotatable bonds is 4. The molecular weight excluding hydrogens is 333 g/mol. The van der Waals surface area contributed by atoms with Crippen LogP contribution >= 0.6 is 0 Å². The second kappa shape index (κ2) is 6.98. The molecule has 1 saturated carbocycles. The molecule has 1 aliphatic heterocycles. The maximum Gasteiger partial charge on any atom is 0.261 e. The van der Waals surface area contributed by atoms with Gasteiger partial charge in [-0.05, 0) is 43.9 Å². The Hall–Kier alpha value is -2.56. The van der Waals surface area contributed by atoms with Crippen LogP contribution in [0.25, 0.3) is 0 Å². The summed E-state index contributed by atoms with van der Waals surface area (Å²) in [6.45, 7) is 0. The third kappa shape index (κ3) is 2.91. The van der Waals surface area contributed by atoms with E-state index in [4.69, 9.17) is 9.47 Å². The number of alkyl halides is 1. The second-order valence-electron chi connectivity index (χ2n) is 6.81. The van der Waals surface area contributed by atoms with Gasteiger partial charge in [0.05, 0.1) is 18.9 Å². The van der Waals surface area contributed by atoms with Gasteiger partial charge in [-0.3, -0.25) is 9.69 Å². The molecule has 136 valence electrons. The van der Waals surface area contributed by atoms with Crippen LogP contribution in [0.4, 0.5) is 10.1 Å². The van der Waals surface area contributed by atoms with Gasteiger partial charge in [0.25, 0.3) is 5.91 Å². The monoisotopic (exact) mass is 355 g/mol. The standard InChI is InChI=1S/C21H22FNO3/c1-25-18-12-11-14(13-19(18)26-15-7-3-2-4-8-15)23-20(22)16-9-5-6-10-17(16)21(23)24/h5-6,9-13,15,20H,2-4,7-8H2,1H3. The lowest BCUT2D eigenvalue weighted by molar-refractivity contribution is 0.0975. The molecule has 1 fully saturated rings. The van der Waals surface area contributed by atoms with Crippen LogP contribution in [0, 0.1) is 0 Å². The first kappa shape index (κ1) is 16.9. The van der Waals surface area contributed by atoms with Crippen molar-refractivity contribution in [3.8, 4) is 11.5 Å². The summed E-state index contributed by atoms with van der Waals surface area (Å²) in [5.41, 5.74) is 1.29. The van der Waals surface area contributed by atoms with Crippen LogP contribution in [-0.4, -0.2) is 19.1 Å². The van der Waals surface area contributed by atoms with Crippen LogP contribution in [0.1, 0.15) is 54.3 Å². The largest absolute Gasteiger partial charge is 0.493 e. The normalized spacial score (nSPS) is 20.2. The molecule has 0 saturated heterocycles. The molecule has 4 nitrogen and oxygen atoms in total. The predicted molar refractivity (Wildman–Crippen MR) is 97.6 cm³/mol.